The highest BCUT2D eigenvalue weighted by Gasteiger charge is 2.14. The van der Waals surface area contributed by atoms with Crippen molar-refractivity contribution in [2.45, 2.75) is 25.7 Å². The maximum absolute atomic E-state index is 8.89. The highest BCUT2D eigenvalue weighted by molar-refractivity contribution is 5.95. The van der Waals surface area contributed by atoms with E-state index in [9.17, 15) is 0 Å². The number of aliphatic hydroxyl groups excluding tert-OH is 1. The molecule has 0 saturated carbocycles. The van der Waals surface area contributed by atoms with Gasteiger partial charge < -0.3 is 9.52 Å². The van der Waals surface area contributed by atoms with Crippen LogP contribution < -0.4 is 0 Å². The molecule has 0 aliphatic rings. The Balaban J connectivity index is 1.98. The number of hydrogen-bond donors (Lipinski definition) is 1. The summed E-state index contributed by atoms with van der Waals surface area (Å²) in [4.78, 5) is 0. The molecule has 21 heavy (non-hydrogen) atoms. The molecule has 1 N–H and O–H groups in total. The molecule has 3 aromatic rings. The maximum Gasteiger partial charge on any atom is 0.134 e. The van der Waals surface area contributed by atoms with Gasteiger partial charge in [0.15, 0.2) is 0 Å². The summed E-state index contributed by atoms with van der Waals surface area (Å²) >= 11 is 0. The second-order valence-electron chi connectivity index (χ2n) is 5.30. The minimum atomic E-state index is 0.270. The molecule has 3 rings (SSSR count). The van der Waals surface area contributed by atoms with Crippen molar-refractivity contribution in [2.75, 3.05) is 6.61 Å². The van der Waals surface area contributed by atoms with Crippen LogP contribution in [-0.4, -0.2) is 11.7 Å². The molecule has 2 heteroatoms. The highest BCUT2D eigenvalue weighted by Crippen LogP contribution is 2.35. The van der Waals surface area contributed by atoms with Gasteiger partial charge in [-0.2, -0.15) is 0 Å². The third kappa shape index (κ3) is 3.01. The summed E-state index contributed by atoms with van der Waals surface area (Å²) in [6.45, 7) is 0.270. The van der Waals surface area contributed by atoms with Crippen LogP contribution in [0.4, 0.5) is 0 Å². The smallest absolute Gasteiger partial charge is 0.134 e. The molecule has 108 valence electrons. The van der Waals surface area contributed by atoms with E-state index in [0.29, 0.717) is 0 Å². The van der Waals surface area contributed by atoms with Gasteiger partial charge in [0, 0.05) is 24.0 Å². The number of fused-ring (bicyclic) bond motifs is 1. The Hall–Kier alpha value is -2.06. The fourth-order valence-electron chi connectivity index (χ4n) is 2.77. The summed E-state index contributed by atoms with van der Waals surface area (Å²) in [5.74, 6) is 1.06. The number of rotatable bonds is 6. The van der Waals surface area contributed by atoms with Crippen molar-refractivity contribution in [1.82, 2.24) is 0 Å². The quantitative estimate of drug-likeness (QED) is 0.658. The number of aryl methyl sites for hydroxylation is 1. The van der Waals surface area contributed by atoms with Gasteiger partial charge in [0.05, 0.1) is 0 Å². The van der Waals surface area contributed by atoms with E-state index >= 15 is 0 Å². The van der Waals surface area contributed by atoms with Crippen molar-refractivity contribution < 1.29 is 9.52 Å². The molecule has 1 aromatic heterocycles. The summed E-state index contributed by atoms with van der Waals surface area (Å²) in [7, 11) is 0. The summed E-state index contributed by atoms with van der Waals surface area (Å²) in [5.41, 5.74) is 3.38. The SMILES string of the molecule is OCCCCCc1oc2ccccc2c1-c1ccccc1. The third-order valence-corrected chi connectivity index (χ3v) is 3.79. The molecule has 0 saturated heterocycles. The number of unbranched alkanes of at least 4 members (excludes halogenated alkanes) is 2. The van der Waals surface area contributed by atoms with Crippen molar-refractivity contribution in [3.63, 3.8) is 0 Å². The van der Waals surface area contributed by atoms with Crippen molar-refractivity contribution in [3.8, 4) is 11.1 Å². The maximum atomic E-state index is 8.89. The second kappa shape index (κ2) is 6.59. The summed E-state index contributed by atoms with van der Waals surface area (Å²) in [6, 6.07) is 18.6. The lowest BCUT2D eigenvalue weighted by Gasteiger charge is -2.03. The second-order valence-corrected chi connectivity index (χ2v) is 5.30. The lowest BCUT2D eigenvalue weighted by atomic mass is 9.99. The Kier molecular flexibility index (Phi) is 4.37. The van der Waals surface area contributed by atoms with Crippen molar-refractivity contribution in [3.05, 3.63) is 60.4 Å². The molecule has 0 amide bonds. The molecular formula is C19H20O2. The molecule has 0 aliphatic carbocycles. The van der Waals surface area contributed by atoms with E-state index in [2.05, 4.69) is 36.4 Å². The van der Waals surface area contributed by atoms with Gasteiger partial charge in [-0.1, -0.05) is 55.0 Å². The highest BCUT2D eigenvalue weighted by atomic mass is 16.3. The van der Waals surface area contributed by atoms with Gasteiger partial charge in [-0.05, 0) is 24.5 Å². The molecule has 2 aromatic carbocycles. The van der Waals surface area contributed by atoms with Crippen LogP contribution in [-0.2, 0) is 6.42 Å². The average Bonchev–Trinajstić information content (AvgIpc) is 2.90. The van der Waals surface area contributed by atoms with Gasteiger partial charge >= 0.3 is 0 Å². The molecule has 1 heterocycles. The van der Waals surface area contributed by atoms with Crippen LogP contribution in [0.1, 0.15) is 25.0 Å². The molecular weight excluding hydrogens is 260 g/mol. The first-order valence-electron chi connectivity index (χ1n) is 7.57. The first-order chi connectivity index (χ1) is 10.4. The lowest BCUT2D eigenvalue weighted by molar-refractivity contribution is 0.282. The van der Waals surface area contributed by atoms with E-state index in [1.54, 1.807) is 0 Å². The molecule has 0 bridgehead atoms. The van der Waals surface area contributed by atoms with Crippen LogP contribution in [0, 0.1) is 0 Å². The van der Waals surface area contributed by atoms with Crippen molar-refractivity contribution >= 4 is 11.0 Å². The molecule has 0 radical (unpaired) electrons. The average molecular weight is 280 g/mol. The fourth-order valence-corrected chi connectivity index (χ4v) is 2.77. The van der Waals surface area contributed by atoms with Gasteiger partial charge in [0.1, 0.15) is 11.3 Å². The minimum absolute atomic E-state index is 0.270. The van der Waals surface area contributed by atoms with Gasteiger partial charge in [-0.25, -0.2) is 0 Å². The van der Waals surface area contributed by atoms with Crippen LogP contribution in [0.3, 0.4) is 0 Å². The van der Waals surface area contributed by atoms with Crippen LogP contribution in [0.15, 0.2) is 59.0 Å². The van der Waals surface area contributed by atoms with Crippen LogP contribution in [0.5, 0.6) is 0 Å². The van der Waals surface area contributed by atoms with E-state index in [4.69, 9.17) is 9.52 Å². The number of para-hydroxylation sites is 1. The summed E-state index contributed by atoms with van der Waals surface area (Å²) in [6.07, 6.45) is 3.85. The predicted octanol–water partition coefficient (Wildman–Crippen LogP) is 4.80. The molecule has 0 atom stereocenters. The number of benzene rings is 2. The van der Waals surface area contributed by atoms with E-state index in [-0.39, 0.29) is 6.61 Å². The zero-order chi connectivity index (χ0) is 14.5. The van der Waals surface area contributed by atoms with Crippen molar-refractivity contribution in [2.24, 2.45) is 0 Å². The van der Waals surface area contributed by atoms with Crippen molar-refractivity contribution in [1.29, 1.82) is 0 Å². The Morgan fingerprint density at radius 2 is 1.57 bits per heavy atom. The van der Waals surface area contributed by atoms with E-state index in [1.165, 1.54) is 16.5 Å². The number of furan rings is 1. The molecule has 0 spiro atoms. The van der Waals surface area contributed by atoms with Gasteiger partial charge in [-0.3, -0.25) is 0 Å². The first-order valence-corrected chi connectivity index (χ1v) is 7.57. The minimum Gasteiger partial charge on any atom is -0.460 e. The monoisotopic (exact) mass is 280 g/mol. The largest absolute Gasteiger partial charge is 0.460 e. The predicted molar refractivity (Wildman–Crippen MR) is 86.3 cm³/mol. The zero-order valence-corrected chi connectivity index (χ0v) is 12.1. The lowest BCUT2D eigenvalue weighted by Crippen LogP contribution is -1.89. The van der Waals surface area contributed by atoms with E-state index in [1.807, 2.05) is 18.2 Å². The number of hydrogen-bond acceptors (Lipinski definition) is 2. The Morgan fingerprint density at radius 1 is 0.810 bits per heavy atom. The Bertz CT molecular complexity index is 698. The van der Waals surface area contributed by atoms with Gasteiger partial charge in [0.2, 0.25) is 0 Å². The normalized spacial score (nSPS) is 11.1. The third-order valence-electron chi connectivity index (χ3n) is 3.79. The fraction of sp³-hybridized carbons (Fsp3) is 0.263. The summed E-state index contributed by atoms with van der Waals surface area (Å²) in [5, 5.41) is 10.1. The van der Waals surface area contributed by atoms with Crippen LogP contribution >= 0.6 is 0 Å². The Labute approximate surface area is 125 Å². The molecule has 0 unspecified atom stereocenters. The van der Waals surface area contributed by atoms with E-state index < -0.39 is 0 Å². The standard InChI is InChI=1S/C19H20O2/c20-14-8-2-5-13-18-19(15-9-3-1-4-10-15)16-11-6-7-12-17(16)21-18/h1,3-4,6-7,9-12,20H,2,5,8,13-14H2. The zero-order valence-electron chi connectivity index (χ0n) is 12.1. The molecule has 0 aliphatic heterocycles. The van der Waals surface area contributed by atoms with Crippen LogP contribution in [0.25, 0.3) is 22.1 Å². The molecule has 2 nitrogen and oxygen atoms in total. The van der Waals surface area contributed by atoms with Gasteiger partial charge in [-0.15, -0.1) is 0 Å². The molecule has 0 fully saturated rings. The van der Waals surface area contributed by atoms with Crippen LogP contribution in [0.2, 0.25) is 0 Å². The number of aliphatic hydroxyl groups is 1. The summed E-state index contributed by atoms with van der Waals surface area (Å²) < 4.78 is 6.07. The topological polar surface area (TPSA) is 33.4 Å². The Morgan fingerprint density at radius 3 is 2.38 bits per heavy atom. The first kappa shape index (κ1) is 13.9. The van der Waals surface area contributed by atoms with E-state index in [0.717, 1.165) is 37.0 Å². The van der Waals surface area contributed by atoms with Gasteiger partial charge in [0.25, 0.3) is 0 Å².